The second-order valence-corrected chi connectivity index (χ2v) is 5.12. The van der Waals surface area contributed by atoms with Gasteiger partial charge in [0.15, 0.2) is 0 Å². The lowest BCUT2D eigenvalue weighted by molar-refractivity contribution is 0.241. The third-order valence-corrected chi connectivity index (χ3v) is 3.50. The summed E-state index contributed by atoms with van der Waals surface area (Å²) in [5.41, 5.74) is 1.73. The van der Waals surface area contributed by atoms with Gasteiger partial charge in [0, 0.05) is 13.1 Å². The average molecular weight is 316 g/mol. The first-order valence-electron chi connectivity index (χ1n) is 7.57. The third-order valence-electron chi connectivity index (χ3n) is 3.50. The van der Waals surface area contributed by atoms with Crippen molar-refractivity contribution in [1.82, 2.24) is 10.6 Å². The van der Waals surface area contributed by atoms with Gasteiger partial charge in [-0.05, 0) is 42.2 Å². The molecular weight excluding hydrogens is 295 g/mol. The second-order valence-electron chi connectivity index (χ2n) is 5.12. The van der Waals surface area contributed by atoms with Crippen LogP contribution in [0, 0.1) is 5.82 Å². The predicted octanol–water partition coefficient (Wildman–Crippen LogP) is 2.92. The molecule has 0 radical (unpaired) electrons. The molecular formula is C18H21FN2O2. The van der Waals surface area contributed by atoms with E-state index in [4.69, 9.17) is 4.74 Å². The SMILES string of the molecule is COc1ccc(CCNC(=O)NCCc2ccccc2F)cc1. The van der Waals surface area contributed by atoms with Crippen molar-refractivity contribution in [1.29, 1.82) is 0 Å². The molecule has 0 heterocycles. The zero-order valence-electron chi connectivity index (χ0n) is 13.1. The van der Waals surface area contributed by atoms with Crippen molar-refractivity contribution in [3.05, 3.63) is 65.5 Å². The van der Waals surface area contributed by atoms with Crippen molar-refractivity contribution in [2.45, 2.75) is 12.8 Å². The Morgan fingerprint density at radius 2 is 1.65 bits per heavy atom. The number of rotatable bonds is 7. The lowest BCUT2D eigenvalue weighted by atomic mass is 10.1. The van der Waals surface area contributed by atoms with Crippen LogP contribution < -0.4 is 15.4 Å². The minimum atomic E-state index is -0.241. The van der Waals surface area contributed by atoms with Crippen LogP contribution in [-0.2, 0) is 12.8 Å². The van der Waals surface area contributed by atoms with E-state index in [1.807, 2.05) is 24.3 Å². The molecule has 2 N–H and O–H groups in total. The van der Waals surface area contributed by atoms with E-state index in [0.29, 0.717) is 25.1 Å². The Labute approximate surface area is 135 Å². The van der Waals surface area contributed by atoms with E-state index in [9.17, 15) is 9.18 Å². The number of nitrogens with one attached hydrogen (secondary N) is 2. The number of carbonyl (C=O) groups is 1. The van der Waals surface area contributed by atoms with Crippen molar-refractivity contribution in [2.24, 2.45) is 0 Å². The third kappa shape index (κ3) is 5.62. The molecule has 0 aromatic heterocycles. The number of urea groups is 1. The molecule has 0 aliphatic heterocycles. The number of halogens is 1. The van der Waals surface area contributed by atoms with E-state index in [1.165, 1.54) is 6.07 Å². The average Bonchev–Trinajstić information content (AvgIpc) is 2.57. The Kier molecular flexibility index (Phi) is 6.41. The molecule has 0 fully saturated rings. The summed E-state index contributed by atoms with van der Waals surface area (Å²) in [6, 6.07) is 14.1. The Morgan fingerprint density at radius 3 is 2.30 bits per heavy atom. The fourth-order valence-corrected chi connectivity index (χ4v) is 2.19. The van der Waals surface area contributed by atoms with Crippen LogP contribution in [0.3, 0.4) is 0 Å². The first-order chi connectivity index (χ1) is 11.2. The summed E-state index contributed by atoms with van der Waals surface area (Å²) >= 11 is 0. The summed E-state index contributed by atoms with van der Waals surface area (Å²) in [5.74, 6) is 0.571. The quantitative estimate of drug-likeness (QED) is 0.825. The Balaban J connectivity index is 1.64. The lowest BCUT2D eigenvalue weighted by Crippen LogP contribution is -2.37. The first-order valence-corrected chi connectivity index (χ1v) is 7.57. The number of carbonyl (C=O) groups excluding carboxylic acids is 1. The molecule has 2 aromatic carbocycles. The highest BCUT2D eigenvalue weighted by Crippen LogP contribution is 2.11. The minimum Gasteiger partial charge on any atom is -0.497 e. The Hall–Kier alpha value is -2.56. The molecule has 0 aliphatic rings. The lowest BCUT2D eigenvalue weighted by Gasteiger charge is -2.08. The van der Waals surface area contributed by atoms with Crippen molar-refractivity contribution in [2.75, 3.05) is 20.2 Å². The van der Waals surface area contributed by atoms with E-state index in [2.05, 4.69) is 10.6 Å². The van der Waals surface area contributed by atoms with E-state index in [-0.39, 0.29) is 11.8 Å². The van der Waals surface area contributed by atoms with Gasteiger partial charge < -0.3 is 15.4 Å². The van der Waals surface area contributed by atoms with Crippen LogP contribution >= 0.6 is 0 Å². The number of methoxy groups -OCH3 is 1. The minimum absolute atomic E-state index is 0.241. The van der Waals surface area contributed by atoms with Crippen LogP contribution in [0.2, 0.25) is 0 Å². The first kappa shape index (κ1) is 16.8. The van der Waals surface area contributed by atoms with Crippen LogP contribution in [0.1, 0.15) is 11.1 Å². The maximum absolute atomic E-state index is 13.4. The molecule has 0 saturated carbocycles. The number of hydrogen-bond acceptors (Lipinski definition) is 2. The standard InChI is InChI=1S/C18H21FN2O2/c1-23-16-8-6-14(7-9-16)10-12-20-18(22)21-13-11-15-4-2-3-5-17(15)19/h2-9H,10-13H2,1H3,(H2,20,21,22). The highest BCUT2D eigenvalue weighted by molar-refractivity contribution is 5.73. The van der Waals surface area contributed by atoms with Crippen LogP contribution in [0.4, 0.5) is 9.18 Å². The summed E-state index contributed by atoms with van der Waals surface area (Å²) in [4.78, 5) is 11.7. The second kappa shape index (κ2) is 8.78. The summed E-state index contributed by atoms with van der Waals surface area (Å²) < 4.78 is 18.5. The largest absolute Gasteiger partial charge is 0.497 e. The van der Waals surface area contributed by atoms with Crippen LogP contribution in [0.25, 0.3) is 0 Å². The van der Waals surface area contributed by atoms with Gasteiger partial charge in [-0.25, -0.2) is 9.18 Å². The number of ether oxygens (including phenoxy) is 1. The van der Waals surface area contributed by atoms with Gasteiger partial charge in [-0.15, -0.1) is 0 Å². The molecule has 0 spiro atoms. The highest BCUT2D eigenvalue weighted by atomic mass is 19.1. The van der Waals surface area contributed by atoms with Gasteiger partial charge in [0.2, 0.25) is 0 Å². The van der Waals surface area contributed by atoms with E-state index < -0.39 is 0 Å². The summed E-state index contributed by atoms with van der Waals surface area (Å²) in [5, 5.41) is 5.51. The summed E-state index contributed by atoms with van der Waals surface area (Å²) in [6.07, 6.45) is 1.21. The fourth-order valence-electron chi connectivity index (χ4n) is 2.19. The molecule has 2 rings (SSSR count). The molecule has 5 heteroatoms. The molecule has 0 unspecified atom stereocenters. The number of benzene rings is 2. The van der Waals surface area contributed by atoms with Gasteiger partial charge in [0.25, 0.3) is 0 Å². The Morgan fingerprint density at radius 1 is 1.00 bits per heavy atom. The van der Waals surface area contributed by atoms with Gasteiger partial charge in [-0.3, -0.25) is 0 Å². The molecule has 0 saturated heterocycles. The van der Waals surface area contributed by atoms with Crippen LogP contribution in [-0.4, -0.2) is 26.2 Å². The zero-order chi connectivity index (χ0) is 16.5. The highest BCUT2D eigenvalue weighted by Gasteiger charge is 2.03. The van der Waals surface area contributed by atoms with Crippen LogP contribution in [0.15, 0.2) is 48.5 Å². The monoisotopic (exact) mass is 316 g/mol. The number of hydrogen-bond donors (Lipinski definition) is 2. The predicted molar refractivity (Wildman–Crippen MR) is 88.2 cm³/mol. The maximum Gasteiger partial charge on any atom is 0.314 e. The fraction of sp³-hybridized carbons (Fsp3) is 0.278. The zero-order valence-corrected chi connectivity index (χ0v) is 13.1. The van der Waals surface area contributed by atoms with E-state index in [1.54, 1.807) is 25.3 Å². The molecule has 0 aliphatic carbocycles. The van der Waals surface area contributed by atoms with Gasteiger partial charge in [-0.1, -0.05) is 30.3 Å². The molecule has 122 valence electrons. The van der Waals surface area contributed by atoms with Gasteiger partial charge in [0.05, 0.1) is 7.11 Å². The van der Waals surface area contributed by atoms with E-state index in [0.717, 1.165) is 17.7 Å². The molecule has 0 bridgehead atoms. The van der Waals surface area contributed by atoms with Crippen LogP contribution in [0.5, 0.6) is 5.75 Å². The summed E-state index contributed by atoms with van der Waals surface area (Å²) in [7, 11) is 1.63. The Bertz CT molecular complexity index is 629. The molecule has 4 nitrogen and oxygen atoms in total. The summed E-state index contributed by atoms with van der Waals surface area (Å²) in [6.45, 7) is 0.938. The molecule has 23 heavy (non-hydrogen) atoms. The molecule has 2 aromatic rings. The molecule has 0 atom stereocenters. The van der Waals surface area contributed by atoms with Gasteiger partial charge in [-0.2, -0.15) is 0 Å². The van der Waals surface area contributed by atoms with Crippen molar-refractivity contribution < 1.29 is 13.9 Å². The number of amides is 2. The van der Waals surface area contributed by atoms with E-state index >= 15 is 0 Å². The van der Waals surface area contributed by atoms with Gasteiger partial charge >= 0.3 is 6.03 Å². The topological polar surface area (TPSA) is 50.4 Å². The smallest absolute Gasteiger partial charge is 0.314 e. The van der Waals surface area contributed by atoms with Crippen molar-refractivity contribution in [3.8, 4) is 5.75 Å². The van der Waals surface area contributed by atoms with Gasteiger partial charge in [0.1, 0.15) is 11.6 Å². The maximum atomic E-state index is 13.4. The molecule has 2 amide bonds. The normalized spacial score (nSPS) is 10.2. The van der Waals surface area contributed by atoms with Crippen molar-refractivity contribution >= 4 is 6.03 Å². The van der Waals surface area contributed by atoms with Crippen molar-refractivity contribution in [3.63, 3.8) is 0 Å².